The van der Waals surface area contributed by atoms with Crippen LogP contribution in [0.15, 0.2) is 194 Å². The van der Waals surface area contributed by atoms with Crippen LogP contribution in [-0.2, 0) is 0 Å². The molecule has 2 heterocycles. The van der Waals surface area contributed by atoms with Gasteiger partial charge >= 0.3 is 0 Å². The van der Waals surface area contributed by atoms with Crippen molar-refractivity contribution in [1.82, 2.24) is 19.5 Å². The van der Waals surface area contributed by atoms with Crippen molar-refractivity contribution in [3.05, 3.63) is 194 Å². The summed E-state index contributed by atoms with van der Waals surface area (Å²) >= 11 is 0. The minimum absolute atomic E-state index is 0.627. The molecule has 2 aromatic heterocycles. The predicted molar refractivity (Wildman–Crippen MR) is 228 cm³/mol. The minimum atomic E-state index is 0.627. The fourth-order valence-corrected chi connectivity index (χ4v) is 8.33. The highest BCUT2D eigenvalue weighted by Gasteiger charge is 2.21. The number of para-hydroxylation sites is 2. The lowest BCUT2D eigenvalue weighted by molar-refractivity contribution is 1.07. The lowest BCUT2D eigenvalue weighted by Crippen LogP contribution is -2.02. The lowest BCUT2D eigenvalue weighted by atomic mass is 9.91. The van der Waals surface area contributed by atoms with E-state index in [2.05, 4.69) is 174 Å². The Morgan fingerprint density at radius 3 is 1.40 bits per heavy atom. The summed E-state index contributed by atoms with van der Waals surface area (Å²) in [7, 11) is 0. The second-order valence-corrected chi connectivity index (χ2v) is 14.0. The van der Waals surface area contributed by atoms with Gasteiger partial charge in [0.2, 0.25) is 0 Å². The van der Waals surface area contributed by atoms with Gasteiger partial charge in [-0.05, 0) is 68.4 Å². The summed E-state index contributed by atoms with van der Waals surface area (Å²) in [6.45, 7) is 0. The maximum atomic E-state index is 5.39. The van der Waals surface area contributed by atoms with Crippen LogP contribution in [0.4, 0.5) is 0 Å². The van der Waals surface area contributed by atoms with Crippen LogP contribution in [0, 0.1) is 0 Å². The second-order valence-electron chi connectivity index (χ2n) is 14.0. The van der Waals surface area contributed by atoms with Gasteiger partial charge in [0.05, 0.1) is 11.0 Å². The van der Waals surface area contributed by atoms with E-state index in [1.54, 1.807) is 0 Å². The van der Waals surface area contributed by atoms with E-state index in [0.29, 0.717) is 17.5 Å². The molecule has 0 radical (unpaired) electrons. The molecule has 256 valence electrons. The van der Waals surface area contributed by atoms with Gasteiger partial charge in [-0.15, -0.1) is 0 Å². The quantitative estimate of drug-likeness (QED) is 0.168. The Kier molecular flexibility index (Phi) is 7.14. The molecule has 0 saturated heterocycles. The molecule has 0 spiro atoms. The van der Waals surface area contributed by atoms with Gasteiger partial charge in [0.1, 0.15) is 0 Å². The van der Waals surface area contributed by atoms with E-state index in [4.69, 9.17) is 15.0 Å². The third kappa shape index (κ3) is 5.11. The predicted octanol–water partition coefficient (Wildman–Crippen LogP) is 13.1. The molecule has 0 aliphatic carbocycles. The van der Waals surface area contributed by atoms with E-state index < -0.39 is 0 Å². The molecule has 0 N–H and O–H groups in total. The minimum Gasteiger partial charge on any atom is -0.309 e. The zero-order valence-electron chi connectivity index (χ0n) is 29.8. The highest BCUT2D eigenvalue weighted by Crippen LogP contribution is 2.43. The van der Waals surface area contributed by atoms with Gasteiger partial charge < -0.3 is 4.57 Å². The third-order valence-corrected chi connectivity index (χ3v) is 10.8. The van der Waals surface area contributed by atoms with Gasteiger partial charge in [-0.3, -0.25) is 0 Å². The molecule has 0 fully saturated rings. The molecular weight excluding hydrogens is 669 g/mol. The Bertz CT molecular complexity index is 3200. The molecule has 0 unspecified atom stereocenters. The molecule has 0 aliphatic heterocycles. The first-order valence-corrected chi connectivity index (χ1v) is 18.6. The second kappa shape index (κ2) is 12.6. The van der Waals surface area contributed by atoms with Crippen molar-refractivity contribution in [3.63, 3.8) is 0 Å². The molecule has 4 nitrogen and oxygen atoms in total. The molecule has 11 rings (SSSR count). The molecule has 4 heteroatoms. The third-order valence-electron chi connectivity index (χ3n) is 10.8. The highest BCUT2D eigenvalue weighted by atomic mass is 15.0. The van der Waals surface area contributed by atoms with Crippen molar-refractivity contribution in [2.24, 2.45) is 0 Å². The first-order chi connectivity index (χ1) is 27.3. The van der Waals surface area contributed by atoms with E-state index in [1.807, 2.05) is 24.3 Å². The normalized spacial score (nSPS) is 11.6. The van der Waals surface area contributed by atoms with E-state index in [9.17, 15) is 0 Å². The Labute approximate surface area is 317 Å². The first-order valence-electron chi connectivity index (χ1n) is 18.6. The number of hydrogen-bond donors (Lipinski definition) is 0. The standard InChI is InChI=1S/C51H32N4/c1-3-16-33(17-4-1)35-20-15-21-36(30-35)50-52-49(34-18-5-2-6-19-34)53-51(54-50)45-32-37(55-46-28-13-11-25-41(46)42-26-12-14-29-47(42)55)31-44-40-24-8-7-22-38(40)39-23-9-10-27-43(39)48(44)45/h1-32H. The SMILES string of the molecule is c1ccc(-c2cccc(-c3nc(-c4ccccc4)nc(-c4cc(-n5c6ccccc6c6ccccc65)cc5c6ccccc6c6ccccc6c45)n3)c2)cc1. The van der Waals surface area contributed by atoms with Crippen LogP contribution >= 0.6 is 0 Å². The Morgan fingerprint density at radius 1 is 0.291 bits per heavy atom. The number of rotatable bonds is 5. The van der Waals surface area contributed by atoms with Crippen molar-refractivity contribution < 1.29 is 0 Å². The van der Waals surface area contributed by atoms with Crippen LogP contribution in [0.5, 0.6) is 0 Å². The fraction of sp³-hybridized carbons (Fsp3) is 0. The molecule has 0 aliphatic rings. The Morgan fingerprint density at radius 2 is 0.745 bits per heavy atom. The summed E-state index contributed by atoms with van der Waals surface area (Å²) in [6, 6.07) is 68.6. The topological polar surface area (TPSA) is 43.6 Å². The summed E-state index contributed by atoms with van der Waals surface area (Å²) in [5, 5.41) is 9.47. The summed E-state index contributed by atoms with van der Waals surface area (Å²) in [4.78, 5) is 15.9. The number of fused-ring (bicyclic) bond motifs is 9. The Hall–Kier alpha value is -7.43. The molecule has 0 atom stereocenters. The number of nitrogens with zero attached hydrogens (tertiary/aromatic N) is 4. The van der Waals surface area contributed by atoms with E-state index in [1.165, 1.54) is 26.9 Å². The zero-order chi connectivity index (χ0) is 36.3. The molecule has 0 bridgehead atoms. The molecule has 9 aromatic carbocycles. The zero-order valence-corrected chi connectivity index (χ0v) is 29.8. The smallest absolute Gasteiger partial charge is 0.164 e. The Balaban J connectivity index is 1.27. The summed E-state index contributed by atoms with van der Waals surface area (Å²) in [6.07, 6.45) is 0. The van der Waals surface area contributed by atoms with E-state index in [-0.39, 0.29) is 0 Å². The molecule has 0 saturated carbocycles. The molecule has 11 aromatic rings. The van der Waals surface area contributed by atoms with Crippen LogP contribution in [0.25, 0.3) is 105 Å². The largest absolute Gasteiger partial charge is 0.309 e. The number of benzene rings is 9. The molecule has 0 amide bonds. The average molecular weight is 701 g/mol. The molecule has 55 heavy (non-hydrogen) atoms. The summed E-state index contributed by atoms with van der Waals surface area (Å²) in [5.41, 5.74) is 8.43. The average Bonchev–Trinajstić information content (AvgIpc) is 3.61. The highest BCUT2D eigenvalue weighted by molar-refractivity contribution is 6.28. The summed E-state index contributed by atoms with van der Waals surface area (Å²) in [5.74, 6) is 1.88. The first kappa shape index (κ1) is 31.1. The van der Waals surface area contributed by atoms with Crippen LogP contribution in [0.2, 0.25) is 0 Å². The maximum Gasteiger partial charge on any atom is 0.164 e. The van der Waals surface area contributed by atoms with Gasteiger partial charge in [0.25, 0.3) is 0 Å². The maximum absolute atomic E-state index is 5.39. The van der Waals surface area contributed by atoms with Crippen molar-refractivity contribution >= 4 is 54.1 Å². The van der Waals surface area contributed by atoms with E-state index in [0.717, 1.165) is 60.7 Å². The van der Waals surface area contributed by atoms with Crippen LogP contribution in [0.3, 0.4) is 0 Å². The summed E-state index contributed by atoms with van der Waals surface area (Å²) < 4.78 is 2.39. The van der Waals surface area contributed by atoms with Crippen LogP contribution in [0.1, 0.15) is 0 Å². The van der Waals surface area contributed by atoms with Gasteiger partial charge in [0.15, 0.2) is 17.5 Å². The lowest BCUT2D eigenvalue weighted by Gasteiger charge is -2.18. The monoisotopic (exact) mass is 700 g/mol. The van der Waals surface area contributed by atoms with Gasteiger partial charge in [0, 0.05) is 38.5 Å². The number of aromatic nitrogens is 4. The van der Waals surface area contributed by atoms with E-state index >= 15 is 0 Å². The van der Waals surface area contributed by atoms with Crippen molar-refractivity contribution in [2.75, 3.05) is 0 Å². The van der Waals surface area contributed by atoms with Crippen LogP contribution < -0.4 is 0 Å². The van der Waals surface area contributed by atoms with Gasteiger partial charge in [-0.1, -0.05) is 164 Å². The molecular formula is C51H32N4. The van der Waals surface area contributed by atoms with Gasteiger partial charge in [-0.2, -0.15) is 0 Å². The van der Waals surface area contributed by atoms with Crippen molar-refractivity contribution in [2.45, 2.75) is 0 Å². The van der Waals surface area contributed by atoms with Crippen molar-refractivity contribution in [3.8, 4) is 51.0 Å². The van der Waals surface area contributed by atoms with Gasteiger partial charge in [-0.25, -0.2) is 15.0 Å². The van der Waals surface area contributed by atoms with Crippen molar-refractivity contribution in [1.29, 1.82) is 0 Å². The van der Waals surface area contributed by atoms with Crippen LogP contribution in [-0.4, -0.2) is 19.5 Å². The number of hydrogen-bond acceptors (Lipinski definition) is 3. The fourth-order valence-electron chi connectivity index (χ4n) is 8.33.